The van der Waals surface area contributed by atoms with Crippen molar-refractivity contribution in [3.8, 4) is 11.3 Å². The number of nitrogens with zero attached hydrogens (tertiary/aromatic N) is 4. The van der Waals surface area contributed by atoms with E-state index in [0.29, 0.717) is 0 Å². The van der Waals surface area contributed by atoms with Gasteiger partial charge in [0.1, 0.15) is 0 Å². The summed E-state index contributed by atoms with van der Waals surface area (Å²) in [5.74, 6) is 0. The number of fused-ring (bicyclic) bond motifs is 6. The maximum absolute atomic E-state index is 4.81. The van der Waals surface area contributed by atoms with Gasteiger partial charge in [-0.15, -0.1) is 0 Å². The second-order valence-electron chi connectivity index (χ2n) is 7.99. The highest BCUT2D eigenvalue weighted by molar-refractivity contribution is 6.03. The molecule has 0 amide bonds. The van der Waals surface area contributed by atoms with E-state index in [-0.39, 0.29) is 0 Å². The van der Waals surface area contributed by atoms with Crippen LogP contribution in [0.1, 0.15) is 13.8 Å². The predicted octanol–water partition coefficient (Wildman–Crippen LogP) is 8.26. The molecule has 0 saturated heterocycles. The Kier molecular flexibility index (Phi) is 6.86. The summed E-state index contributed by atoms with van der Waals surface area (Å²) < 4.78 is 0. The van der Waals surface area contributed by atoms with Crippen molar-refractivity contribution in [3.63, 3.8) is 0 Å². The minimum absolute atomic E-state index is 0.961. The SMILES string of the molecule is CC.c1ccc(-c2ccc3ccc4cccnc4c3n2)cc1.c1cnc2c(c1)ccc1cccnc12. The molecule has 4 heterocycles. The zero-order valence-corrected chi connectivity index (χ0v) is 20.3. The van der Waals surface area contributed by atoms with E-state index in [1.165, 1.54) is 0 Å². The molecule has 174 valence electrons. The van der Waals surface area contributed by atoms with Crippen LogP contribution in [-0.2, 0) is 0 Å². The van der Waals surface area contributed by atoms with Crippen LogP contribution in [0, 0.1) is 0 Å². The molecule has 0 aliphatic heterocycles. The Morgan fingerprint density at radius 3 is 1.31 bits per heavy atom. The smallest absolute Gasteiger partial charge is 0.0972 e. The molecule has 0 spiro atoms. The molecule has 0 atom stereocenters. The highest BCUT2D eigenvalue weighted by Gasteiger charge is 2.05. The van der Waals surface area contributed by atoms with Gasteiger partial charge in [0.25, 0.3) is 0 Å². The molecule has 3 aromatic carbocycles. The van der Waals surface area contributed by atoms with E-state index >= 15 is 0 Å². The summed E-state index contributed by atoms with van der Waals surface area (Å²) in [6, 6.07) is 34.8. The molecule has 0 fully saturated rings. The standard InChI is InChI=1S/C18H12N2.C12H8N2.C2H6/c1-2-5-13(6-3-1)16-11-10-15-9-8-14-7-4-12-19-17(14)18(15)20-16;1-3-9-5-6-10-4-2-8-14-12(10)11(9)13-7-1;1-2/h1-12H;1-8H;1-2H3. The van der Waals surface area contributed by atoms with Crippen LogP contribution in [-0.4, -0.2) is 19.9 Å². The van der Waals surface area contributed by atoms with Crippen molar-refractivity contribution in [1.82, 2.24) is 19.9 Å². The molecule has 0 aliphatic rings. The molecule has 0 aliphatic carbocycles. The van der Waals surface area contributed by atoms with Gasteiger partial charge in [-0.25, -0.2) is 4.98 Å². The quantitative estimate of drug-likeness (QED) is 0.229. The topological polar surface area (TPSA) is 51.6 Å². The third kappa shape index (κ3) is 4.62. The van der Waals surface area contributed by atoms with Crippen molar-refractivity contribution in [2.45, 2.75) is 13.8 Å². The van der Waals surface area contributed by atoms with Crippen molar-refractivity contribution in [2.75, 3.05) is 0 Å². The maximum Gasteiger partial charge on any atom is 0.0972 e. The van der Waals surface area contributed by atoms with Crippen molar-refractivity contribution < 1.29 is 0 Å². The summed E-state index contributed by atoms with van der Waals surface area (Å²) in [6.45, 7) is 4.00. The van der Waals surface area contributed by atoms with Gasteiger partial charge in [0.15, 0.2) is 0 Å². The van der Waals surface area contributed by atoms with E-state index in [1.54, 1.807) is 12.4 Å². The summed E-state index contributed by atoms with van der Waals surface area (Å²) in [5.41, 5.74) is 5.99. The van der Waals surface area contributed by atoms with Gasteiger partial charge >= 0.3 is 0 Å². The molecule has 0 N–H and O–H groups in total. The average molecular weight is 467 g/mol. The van der Waals surface area contributed by atoms with E-state index in [4.69, 9.17) is 4.98 Å². The van der Waals surface area contributed by atoms with E-state index in [1.807, 2.05) is 56.4 Å². The lowest BCUT2D eigenvalue weighted by Crippen LogP contribution is -1.88. The lowest BCUT2D eigenvalue weighted by atomic mass is 10.1. The Morgan fingerprint density at radius 2 is 0.806 bits per heavy atom. The fourth-order valence-corrected chi connectivity index (χ4v) is 4.17. The van der Waals surface area contributed by atoms with Gasteiger partial charge in [-0.3, -0.25) is 15.0 Å². The number of benzene rings is 3. The van der Waals surface area contributed by atoms with Gasteiger partial charge in [-0.1, -0.05) is 92.7 Å². The van der Waals surface area contributed by atoms with Crippen LogP contribution in [0.5, 0.6) is 0 Å². The Morgan fingerprint density at radius 1 is 0.389 bits per heavy atom. The number of hydrogen-bond donors (Lipinski definition) is 0. The molecule has 0 bridgehead atoms. The first-order valence-electron chi connectivity index (χ1n) is 12.2. The third-order valence-electron chi connectivity index (χ3n) is 5.85. The van der Waals surface area contributed by atoms with E-state index < -0.39 is 0 Å². The number of pyridine rings is 4. The fraction of sp³-hybridized carbons (Fsp3) is 0.0625. The summed E-state index contributed by atoms with van der Waals surface area (Å²) in [6.07, 6.45) is 5.42. The van der Waals surface area contributed by atoms with Gasteiger partial charge < -0.3 is 0 Å². The van der Waals surface area contributed by atoms with Crippen LogP contribution in [0.3, 0.4) is 0 Å². The zero-order valence-electron chi connectivity index (χ0n) is 20.3. The molecule has 0 unspecified atom stereocenters. The predicted molar refractivity (Wildman–Crippen MR) is 151 cm³/mol. The monoisotopic (exact) mass is 466 g/mol. The van der Waals surface area contributed by atoms with Gasteiger partial charge in [-0.2, -0.15) is 0 Å². The molecular formula is C32H26N4. The number of rotatable bonds is 1. The Bertz CT molecular complexity index is 1710. The summed E-state index contributed by atoms with van der Waals surface area (Å²) in [5, 5.41) is 4.52. The number of aromatic nitrogens is 4. The second kappa shape index (κ2) is 10.7. The maximum atomic E-state index is 4.81. The largest absolute Gasteiger partial charge is 0.254 e. The summed E-state index contributed by atoms with van der Waals surface area (Å²) in [7, 11) is 0. The fourth-order valence-electron chi connectivity index (χ4n) is 4.17. The highest BCUT2D eigenvalue weighted by atomic mass is 14.8. The Hall–Kier alpha value is -4.70. The number of hydrogen-bond acceptors (Lipinski definition) is 4. The molecular weight excluding hydrogens is 440 g/mol. The zero-order chi connectivity index (χ0) is 24.7. The van der Waals surface area contributed by atoms with Crippen LogP contribution in [0.4, 0.5) is 0 Å². The van der Waals surface area contributed by atoms with Crippen molar-refractivity contribution >= 4 is 43.6 Å². The first kappa shape index (κ1) is 23.1. The first-order valence-corrected chi connectivity index (χ1v) is 12.2. The van der Waals surface area contributed by atoms with E-state index in [0.717, 1.165) is 54.9 Å². The minimum atomic E-state index is 0.961. The normalized spacial score (nSPS) is 10.5. The first-order chi connectivity index (χ1) is 17.9. The minimum Gasteiger partial charge on any atom is -0.254 e. The third-order valence-corrected chi connectivity index (χ3v) is 5.85. The second-order valence-corrected chi connectivity index (χ2v) is 7.99. The van der Waals surface area contributed by atoms with Crippen LogP contribution in [0.25, 0.3) is 54.9 Å². The van der Waals surface area contributed by atoms with Crippen LogP contribution in [0.15, 0.2) is 122 Å². The Balaban J connectivity index is 0.000000146. The molecule has 0 saturated carbocycles. The lowest BCUT2D eigenvalue weighted by molar-refractivity contribution is 1.37. The molecule has 7 aromatic rings. The summed E-state index contributed by atoms with van der Waals surface area (Å²) >= 11 is 0. The molecule has 0 radical (unpaired) electrons. The highest BCUT2D eigenvalue weighted by Crippen LogP contribution is 2.25. The van der Waals surface area contributed by atoms with Crippen LogP contribution in [0.2, 0.25) is 0 Å². The van der Waals surface area contributed by atoms with Gasteiger partial charge in [0.05, 0.1) is 27.8 Å². The molecule has 7 rings (SSSR count). The average Bonchev–Trinajstić information content (AvgIpc) is 2.98. The summed E-state index contributed by atoms with van der Waals surface area (Å²) in [4.78, 5) is 18.0. The van der Waals surface area contributed by atoms with E-state index in [9.17, 15) is 0 Å². The molecule has 4 aromatic heterocycles. The van der Waals surface area contributed by atoms with E-state index in [2.05, 4.69) is 81.7 Å². The molecule has 4 nitrogen and oxygen atoms in total. The van der Waals surface area contributed by atoms with Gasteiger partial charge in [0.2, 0.25) is 0 Å². The van der Waals surface area contributed by atoms with Gasteiger partial charge in [0, 0.05) is 45.7 Å². The lowest BCUT2D eigenvalue weighted by Gasteiger charge is -2.05. The van der Waals surface area contributed by atoms with Gasteiger partial charge in [-0.05, 0) is 24.3 Å². The Labute approximate surface area is 210 Å². The molecule has 4 heteroatoms. The van der Waals surface area contributed by atoms with Crippen molar-refractivity contribution in [3.05, 3.63) is 122 Å². The van der Waals surface area contributed by atoms with Crippen LogP contribution < -0.4 is 0 Å². The van der Waals surface area contributed by atoms with Crippen molar-refractivity contribution in [2.24, 2.45) is 0 Å². The van der Waals surface area contributed by atoms with Crippen molar-refractivity contribution in [1.29, 1.82) is 0 Å². The molecule has 36 heavy (non-hydrogen) atoms. The van der Waals surface area contributed by atoms with Crippen LogP contribution >= 0.6 is 0 Å².